The summed E-state index contributed by atoms with van der Waals surface area (Å²) in [6.45, 7) is 2.76. The summed E-state index contributed by atoms with van der Waals surface area (Å²) >= 11 is 0. The molecule has 0 aliphatic carbocycles. The Morgan fingerprint density at radius 2 is 2.07 bits per heavy atom. The second-order valence-electron chi connectivity index (χ2n) is 8.22. The van der Waals surface area contributed by atoms with E-state index in [-0.39, 0.29) is 11.9 Å². The standard InChI is InChI=1S/C22H30N6O/c1-26(2)20-13-17(24-22(25-20)18-8-6-11-23-18)14-27(3)15-21(29)28-12-10-16-7-4-5-9-19(16)28/h4-5,7,9,13,18,23H,6,8,10-12,14-15H2,1-3H3/t18-/m1/s1. The topological polar surface area (TPSA) is 64.6 Å². The van der Waals surface area contributed by atoms with Gasteiger partial charge in [-0.2, -0.15) is 0 Å². The third kappa shape index (κ3) is 4.41. The molecule has 1 saturated heterocycles. The monoisotopic (exact) mass is 394 g/mol. The van der Waals surface area contributed by atoms with Gasteiger partial charge in [-0.15, -0.1) is 0 Å². The van der Waals surface area contributed by atoms with Crippen LogP contribution in [0.2, 0.25) is 0 Å². The van der Waals surface area contributed by atoms with Gasteiger partial charge in [0, 0.05) is 38.9 Å². The molecule has 0 spiro atoms. The van der Waals surface area contributed by atoms with Crippen LogP contribution in [0.5, 0.6) is 0 Å². The van der Waals surface area contributed by atoms with Crippen molar-refractivity contribution in [2.24, 2.45) is 0 Å². The molecule has 1 atom stereocenters. The number of benzene rings is 1. The highest BCUT2D eigenvalue weighted by Crippen LogP contribution is 2.27. The first-order valence-corrected chi connectivity index (χ1v) is 10.4. The molecule has 1 aromatic heterocycles. The van der Waals surface area contributed by atoms with Gasteiger partial charge in [0.05, 0.1) is 18.3 Å². The van der Waals surface area contributed by atoms with Crippen LogP contribution >= 0.6 is 0 Å². The van der Waals surface area contributed by atoms with Gasteiger partial charge in [-0.05, 0) is 44.5 Å². The van der Waals surface area contributed by atoms with E-state index in [1.165, 1.54) is 5.56 Å². The van der Waals surface area contributed by atoms with Crippen molar-refractivity contribution in [1.29, 1.82) is 0 Å². The molecule has 7 heteroatoms. The molecule has 7 nitrogen and oxygen atoms in total. The highest BCUT2D eigenvalue weighted by molar-refractivity contribution is 5.96. The molecule has 29 heavy (non-hydrogen) atoms. The number of amides is 1. The van der Waals surface area contributed by atoms with Gasteiger partial charge in [0.25, 0.3) is 0 Å². The summed E-state index contributed by atoms with van der Waals surface area (Å²) in [6.07, 6.45) is 3.15. The van der Waals surface area contributed by atoms with Crippen molar-refractivity contribution in [2.45, 2.75) is 31.8 Å². The normalized spacial score (nSPS) is 18.3. The van der Waals surface area contributed by atoms with Crippen molar-refractivity contribution in [3.63, 3.8) is 0 Å². The Morgan fingerprint density at radius 1 is 1.24 bits per heavy atom. The third-order valence-electron chi connectivity index (χ3n) is 5.64. The molecule has 1 fully saturated rings. The molecule has 154 valence electrons. The lowest BCUT2D eigenvalue weighted by atomic mass is 10.2. The number of hydrogen-bond donors (Lipinski definition) is 1. The second-order valence-corrected chi connectivity index (χ2v) is 8.22. The number of para-hydroxylation sites is 1. The minimum Gasteiger partial charge on any atom is -0.363 e. The Kier molecular flexibility index (Phi) is 5.78. The van der Waals surface area contributed by atoms with Crippen molar-refractivity contribution in [3.05, 3.63) is 47.4 Å². The smallest absolute Gasteiger partial charge is 0.241 e. The highest BCUT2D eigenvalue weighted by atomic mass is 16.2. The van der Waals surface area contributed by atoms with Crippen molar-refractivity contribution in [3.8, 4) is 0 Å². The highest BCUT2D eigenvalue weighted by Gasteiger charge is 2.25. The Morgan fingerprint density at radius 3 is 2.83 bits per heavy atom. The van der Waals surface area contributed by atoms with Crippen LogP contribution in [0, 0.1) is 0 Å². The van der Waals surface area contributed by atoms with E-state index in [9.17, 15) is 4.79 Å². The van der Waals surface area contributed by atoms with Gasteiger partial charge >= 0.3 is 0 Å². The second kappa shape index (κ2) is 8.47. The van der Waals surface area contributed by atoms with Gasteiger partial charge in [0.1, 0.15) is 11.6 Å². The van der Waals surface area contributed by atoms with Crippen LogP contribution in [0.4, 0.5) is 11.5 Å². The summed E-state index contributed by atoms with van der Waals surface area (Å²) in [4.78, 5) is 28.4. The minimum absolute atomic E-state index is 0.136. The third-order valence-corrected chi connectivity index (χ3v) is 5.64. The first-order chi connectivity index (χ1) is 14.0. The van der Waals surface area contributed by atoms with Crippen molar-refractivity contribution >= 4 is 17.4 Å². The Labute approximate surface area is 172 Å². The largest absolute Gasteiger partial charge is 0.363 e. The van der Waals surface area contributed by atoms with E-state index in [4.69, 9.17) is 9.97 Å². The van der Waals surface area contributed by atoms with Gasteiger partial charge in [-0.3, -0.25) is 9.69 Å². The molecule has 2 aliphatic rings. The van der Waals surface area contributed by atoms with E-state index < -0.39 is 0 Å². The van der Waals surface area contributed by atoms with Crippen molar-refractivity contribution in [1.82, 2.24) is 20.2 Å². The minimum atomic E-state index is 0.136. The number of nitrogens with zero attached hydrogens (tertiary/aromatic N) is 5. The van der Waals surface area contributed by atoms with E-state index in [1.54, 1.807) is 0 Å². The zero-order valence-corrected chi connectivity index (χ0v) is 17.6. The molecule has 2 aromatic rings. The van der Waals surface area contributed by atoms with Crippen molar-refractivity contribution < 1.29 is 4.79 Å². The number of likely N-dealkylation sites (N-methyl/N-ethyl adjacent to an activating group) is 1. The van der Waals surface area contributed by atoms with Crippen LogP contribution in [0.1, 0.15) is 36.0 Å². The van der Waals surface area contributed by atoms with E-state index >= 15 is 0 Å². The van der Waals surface area contributed by atoms with E-state index in [0.717, 1.165) is 55.4 Å². The number of carbonyl (C=O) groups is 1. The fraction of sp³-hybridized carbons (Fsp3) is 0.500. The average Bonchev–Trinajstić information content (AvgIpc) is 3.37. The van der Waals surface area contributed by atoms with Crippen molar-refractivity contribution in [2.75, 3.05) is 50.6 Å². The van der Waals surface area contributed by atoms with Gasteiger partial charge in [0.2, 0.25) is 5.91 Å². The number of anilines is 2. The fourth-order valence-corrected chi connectivity index (χ4v) is 4.12. The predicted octanol–water partition coefficient (Wildman–Crippen LogP) is 1.99. The summed E-state index contributed by atoms with van der Waals surface area (Å²) in [5.74, 6) is 1.90. The molecule has 1 amide bonds. The van der Waals surface area contributed by atoms with E-state index in [0.29, 0.717) is 13.1 Å². The average molecular weight is 395 g/mol. The van der Waals surface area contributed by atoms with Crippen LogP contribution in [-0.2, 0) is 17.8 Å². The fourth-order valence-electron chi connectivity index (χ4n) is 4.12. The molecule has 0 saturated carbocycles. The van der Waals surface area contributed by atoms with Crippen LogP contribution in [-0.4, -0.2) is 61.6 Å². The first kappa shape index (κ1) is 19.8. The lowest BCUT2D eigenvalue weighted by Gasteiger charge is -2.23. The molecule has 1 aromatic carbocycles. The van der Waals surface area contributed by atoms with E-state index in [1.807, 2.05) is 60.1 Å². The summed E-state index contributed by atoms with van der Waals surface area (Å²) in [6, 6.07) is 10.4. The molecule has 0 unspecified atom stereocenters. The molecular weight excluding hydrogens is 364 g/mol. The first-order valence-electron chi connectivity index (χ1n) is 10.4. The molecular formula is C22H30N6O. The SMILES string of the molecule is CN(CC(=O)N1CCc2ccccc21)Cc1cc(N(C)C)nc([C@H]2CCCN2)n1. The number of carbonyl (C=O) groups excluding carboxylic acids is 1. The Bertz CT molecular complexity index is 877. The molecule has 0 radical (unpaired) electrons. The number of hydrogen-bond acceptors (Lipinski definition) is 6. The van der Waals surface area contributed by atoms with Crippen LogP contribution in [0.15, 0.2) is 30.3 Å². The van der Waals surface area contributed by atoms with Gasteiger partial charge in [-0.1, -0.05) is 18.2 Å². The molecule has 1 N–H and O–H groups in total. The lowest BCUT2D eigenvalue weighted by molar-refractivity contribution is -0.119. The van der Waals surface area contributed by atoms with Gasteiger partial charge in [-0.25, -0.2) is 9.97 Å². The number of fused-ring (bicyclic) bond motifs is 1. The molecule has 2 aliphatic heterocycles. The van der Waals surface area contributed by atoms with Crippen LogP contribution in [0.25, 0.3) is 0 Å². The summed E-state index contributed by atoms with van der Waals surface area (Å²) in [5, 5.41) is 3.48. The number of nitrogens with one attached hydrogen (secondary N) is 1. The summed E-state index contributed by atoms with van der Waals surface area (Å²) in [7, 11) is 5.97. The molecule has 3 heterocycles. The maximum absolute atomic E-state index is 12.9. The number of aromatic nitrogens is 2. The quantitative estimate of drug-likeness (QED) is 0.808. The van der Waals surface area contributed by atoms with E-state index in [2.05, 4.69) is 11.4 Å². The summed E-state index contributed by atoms with van der Waals surface area (Å²) < 4.78 is 0. The lowest BCUT2D eigenvalue weighted by Crippen LogP contribution is -2.38. The van der Waals surface area contributed by atoms with Crippen LogP contribution in [0.3, 0.4) is 0 Å². The van der Waals surface area contributed by atoms with Gasteiger partial charge in [0.15, 0.2) is 0 Å². The predicted molar refractivity (Wildman–Crippen MR) is 115 cm³/mol. The van der Waals surface area contributed by atoms with Crippen LogP contribution < -0.4 is 15.1 Å². The maximum atomic E-state index is 12.9. The summed E-state index contributed by atoms with van der Waals surface area (Å²) in [5.41, 5.74) is 3.26. The molecule has 0 bridgehead atoms. The maximum Gasteiger partial charge on any atom is 0.241 e. The molecule has 4 rings (SSSR count). The van der Waals surface area contributed by atoms with Gasteiger partial charge < -0.3 is 15.1 Å². The Hall–Kier alpha value is -2.51. The zero-order chi connectivity index (χ0) is 20.4. The Balaban J connectivity index is 1.45. The zero-order valence-electron chi connectivity index (χ0n) is 17.6. The number of rotatable bonds is 6.